The molecule has 2 rings (SSSR count). The summed E-state index contributed by atoms with van der Waals surface area (Å²) in [5.41, 5.74) is 0.365. The predicted octanol–water partition coefficient (Wildman–Crippen LogP) is 2.17. The molecule has 0 aliphatic carbocycles. The maximum Gasteiger partial charge on any atom is 0.150 e. The Morgan fingerprint density at radius 3 is 2.72 bits per heavy atom. The third kappa shape index (κ3) is 2.68. The number of halogens is 2. The molecule has 1 N–H and O–H groups in total. The highest BCUT2D eigenvalue weighted by atomic mass is 35.5. The molecule has 1 aliphatic rings. The second kappa shape index (κ2) is 5.15. The molecule has 2 unspecified atom stereocenters. The fourth-order valence-corrected chi connectivity index (χ4v) is 4.63. The Bertz CT molecular complexity index is 527. The van der Waals surface area contributed by atoms with Gasteiger partial charge in [0.25, 0.3) is 0 Å². The van der Waals surface area contributed by atoms with Crippen molar-refractivity contribution in [2.45, 2.75) is 12.5 Å². The van der Waals surface area contributed by atoms with Gasteiger partial charge in [-0.1, -0.05) is 17.7 Å². The first-order valence-corrected chi connectivity index (χ1v) is 7.96. The Kier molecular flexibility index (Phi) is 3.94. The molecule has 2 atom stereocenters. The SMILES string of the molecule is CNC(c1c(F)cccc1Cl)C1CCS(=O)(=O)C1. The smallest absolute Gasteiger partial charge is 0.150 e. The van der Waals surface area contributed by atoms with Gasteiger partial charge in [0, 0.05) is 16.6 Å². The number of hydrogen-bond donors (Lipinski definition) is 1. The summed E-state index contributed by atoms with van der Waals surface area (Å²) < 4.78 is 36.9. The number of rotatable bonds is 3. The van der Waals surface area contributed by atoms with Gasteiger partial charge in [0.1, 0.15) is 5.82 Å². The van der Waals surface area contributed by atoms with Crippen LogP contribution in [0.1, 0.15) is 18.0 Å². The normalized spacial score (nSPS) is 24.1. The molecule has 0 saturated carbocycles. The van der Waals surface area contributed by atoms with Gasteiger partial charge in [-0.3, -0.25) is 0 Å². The molecule has 1 aromatic rings. The minimum Gasteiger partial charge on any atom is -0.313 e. The second-order valence-corrected chi connectivity index (χ2v) is 7.20. The van der Waals surface area contributed by atoms with Gasteiger partial charge in [0.15, 0.2) is 9.84 Å². The standard InChI is InChI=1S/C12H15ClFNO2S/c1-15-12(8-5-6-18(16,17)7-8)11-9(13)3-2-4-10(11)14/h2-4,8,12,15H,5-7H2,1H3. The predicted molar refractivity (Wildman–Crippen MR) is 70.0 cm³/mol. The van der Waals surface area contributed by atoms with E-state index < -0.39 is 15.7 Å². The summed E-state index contributed by atoms with van der Waals surface area (Å²) in [5.74, 6) is -0.272. The van der Waals surface area contributed by atoms with Crippen LogP contribution in [0.15, 0.2) is 18.2 Å². The molecule has 1 fully saturated rings. The van der Waals surface area contributed by atoms with E-state index in [1.165, 1.54) is 6.07 Å². The highest BCUT2D eigenvalue weighted by Gasteiger charge is 2.35. The van der Waals surface area contributed by atoms with Gasteiger partial charge < -0.3 is 5.32 Å². The van der Waals surface area contributed by atoms with E-state index in [9.17, 15) is 12.8 Å². The van der Waals surface area contributed by atoms with Gasteiger partial charge in [0.2, 0.25) is 0 Å². The van der Waals surface area contributed by atoms with Crippen molar-refractivity contribution in [1.29, 1.82) is 0 Å². The lowest BCUT2D eigenvalue weighted by Crippen LogP contribution is -2.27. The zero-order chi connectivity index (χ0) is 13.3. The Morgan fingerprint density at radius 1 is 1.50 bits per heavy atom. The van der Waals surface area contributed by atoms with E-state index in [2.05, 4.69) is 5.32 Å². The Morgan fingerprint density at radius 2 is 2.22 bits per heavy atom. The number of sulfone groups is 1. The topological polar surface area (TPSA) is 46.2 Å². The van der Waals surface area contributed by atoms with Gasteiger partial charge >= 0.3 is 0 Å². The zero-order valence-electron chi connectivity index (χ0n) is 9.99. The molecule has 1 saturated heterocycles. The lowest BCUT2D eigenvalue weighted by Gasteiger charge is -2.23. The van der Waals surface area contributed by atoms with Crippen LogP contribution in [-0.4, -0.2) is 27.0 Å². The van der Waals surface area contributed by atoms with E-state index in [0.29, 0.717) is 17.0 Å². The Balaban J connectivity index is 2.35. The van der Waals surface area contributed by atoms with Crippen molar-refractivity contribution in [2.75, 3.05) is 18.6 Å². The van der Waals surface area contributed by atoms with E-state index >= 15 is 0 Å². The minimum absolute atomic E-state index is 0.0865. The highest BCUT2D eigenvalue weighted by molar-refractivity contribution is 7.91. The van der Waals surface area contributed by atoms with Crippen molar-refractivity contribution < 1.29 is 12.8 Å². The van der Waals surface area contributed by atoms with Crippen molar-refractivity contribution in [3.63, 3.8) is 0 Å². The summed E-state index contributed by atoms with van der Waals surface area (Å²) in [6.45, 7) is 0. The van der Waals surface area contributed by atoms with Crippen LogP contribution in [0.25, 0.3) is 0 Å². The Hall–Kier alpha value is -0.650. The van der Waals surface area contributed by atoms with Crippen molar-refractivity contribution in [2.24, 2.45) is 5.92 Å². The van der Waals surface area contributed by atoms with Crippen LogP contribution in [0.3, 0.4) is 0 Å². The van der Waals surface area contributed by atoms with E-state index in [0.717, 1.165) is 0 Å². The molecule has 0 spiro atoms. The van der Waals surface area contributed by atoms with Crippen LogP contribution in [-0.2, 0) is 9.84 Å². The largest absolute Gasteiger partial charge is 0.313 e. The number of benzene rings is 1. The minimum atomic E-state index is -2.99. The summed E-state index contributed by atoms with van der Waals surface area (Å²) >= 11 is 6.02. The summed E-state index contributed by atoms with van der Waals surface area (Å²) in [5, 5.41) is 3.32. The Labute approximate surface area is 111 Å². The van der Waals surface area contributed by atoms with Crippen LogP contribution in [0.5, 0.6) is 0 Å². The third-order valence-electron chi connectivity index (χ3n) is 3.36. The summed E-state index contributed by atoms with van der Waals surface area (Å²) in [7, 11) is -1.30. The lowest BCUT2D eigenvalue weighted by atomic mass is 9.92. The lowest BCUT2D eigenvalue weighted by molar-refractivity contribution is 0.403. The van der Waals surface area contributed by atoms with Gasteiger partial charge in [-0.05, 0) is 31.5 Å². The van der Waals surface area contributed by atoms with Gasteiger partial charge in [-0.25, -0.2) is 12.8 Å². The van der Waals surface area contributed by atoms with Gasteiger partial charge in [-0.15, -0.1) is 0 Å². The van der Waals surface area contributed by atoms with Crippen LogP contribution in [0.4, 0.5) is 4.39 Å². The van der Waals surface area contributed by atoms with Gasteiger partial charge in [-0.2, -0.15) is 0 Å². The first kappa shape index (κ1) is 13.8. The summed E-state index contributed by atoms with van der Waals surface area (Å²) in [6.07, 6.45) is 0.540. The monoisotopic (exact) mass is 291 g/mol. The van der Waals surface area contributed by atoms with Crippen molar-refractivity contribution in [3.8, 4) is 0 Å². The van der Waals surface area contributed by atoms with Gasteiger partial charge in [0.05, 0.1) is 11.5 Å². The van der Waals surface area contributed by atoms with E-state index in [4.69, 9.17) is 11.6 Å². The molecule has 1 heterocycles. The molecule has 0 bridgehead atoms. The molecule has 1 aromatic carbocycles. The molecular weight excluding hydrogens is 277 g/mol. The molecule has 3 nitrogen and oxygen atoms in total. The molecule has 0 radical (unpaired) electrons. The maximum absolute atomic E-state index is 13.9. The molecular formula is C12H15ClFNO2S. The third-order valence-corrected chi connectivity index (χ3v) is 5.48. The molecule has 0 amide bonds. The first-order chi connectivity index (χ1) is 8.44. The zero-order valence-corrected chi connectivity index (χ0v) is 11.6. The first-order valence-electron chi connectivity index (χ1n) is 5.76. The molecule has 6 heteroatoms. The van der Waals surface area contributed by atoms with E-state index in [-0.39, 0.29) is 23.5 Å². The summed E-state index contributed by atoms with van der Waals surface area (Å²) in [4.78, 5) is 0. The van der Waals surface area contributed by atoms with Crippen LogP contribution < -0.4 is 5.32 Å². The number of hydrogen-bond acceptors (Lipinski definition) is 3. The fourth-order valence-electron chi connectivity index (χ4n) is 2.51. The summed E-state index contributed by atoms with van der Waals surface area (Å²) in [6, 6.07) is 4.14. The van der Waals surface area contributed by atoms with Crippen molar-refractivity contribution in [3.05, 3.63) is 34.6 Å². The maximum atomic E-state index is 13.9. The molecule has 100 valence electrons. The number of nitrogens with one attached hydrogen (secondary N) is 1. The molecule has 1 aliphatic heterocycles. The van der Waals surface area contributed by atoms with E-state index in [1.54, 1.807) is 19.2 Å². The van der Waals surface area contributed by atoms with E-state index in [1.807, 2.05) is 0 Å². The van der Waals surface area contributed by atoms with Crippen molar-refractivity contribution >= 4 is 21.4 Å². The second-order valence-electron chi connectivity index (χ2n) is 4.56. The van der Waals surface area contributed by atoms with Crippen LogP contribution in [0.2, 0.25) is 5.02 Å². The average Bonchev–Trinajstić information content (AvgIpc) is 2.64. The average molecular weight is 292 g/mol. The van der Waals surface area contributed by atoms with Crippen LogP contribution in [0, 0.1) is 11.7 Å². The quantitative estimate of drug-likeness (QED) is 0.928. The molecule has 0 aromatic heterocycles. The van der Waals surface area contributed by atoms with Crippen molar-refractivity contribution in [1.82, 2.24) is 5.32 Å². The molecule has 18 heavy (non-hydrogen) atoms. The fraction of sp³-hybridized carbons (Fsp3) is 0.500. The highest BCUT2D eigenvalue weighted by Crippen LogP contribution is 2.35. The van der Waals surface area contributed by atoms with Crippen LogP contribution >= 0.6 is 11.6 Å².